The molecule has 0 saturated carbocycles. The molecule has 1 nitrogen and oxygen atoms in total. The highest BCUT2D eigenvalue weighted by atomic mass is 32.1. The van der Waals surface area contributed by atoms with Gasteiger partial charge in [0.15, 0.2) is 5.78 Å². The summed E-state index contributed by atoms with van der Waals surface area (Å²) in [7, 11) is 0. The van der Waals surface area contributed by atoms with Gasteiger partial charge in [-0.05, 0) is 28.8 Å². The van der Waals surface area contributed by atoms with Crippen LogP contribution in [0.1, 0.15) is 30.6 Å². The number of Topliss-reactive ketones (excluding diaryl/α,β-unsaturated/α-hetero) is 1. The monoisotopic (exact) mass is 218 g/mol. The zero-order chi connectivity index (χ0) is 10.8. The van der Waals surface area contributed by atoms with Gasteiger partial charge in [-0.3, -0.25) is 4.79 Å². The maximum absolute atomic E-state index is 12.0. The molecule has 0 aliphatic rings. The molecular formula is C13H14OS. The summed E-state index contributed by atoms with van der Waals surface area (Å²) < 4.78 is 1.13. The second-order valence-corrected chi connectivity index (χ2v) is 5.08. The van der Waals surface area contributed by atoms with Gasteiger partial charge < -0.3 is 0 Å². The van der Waals surface area contributed by atoms with Gasteiger partial charge in [0.25, 0.3) is 0 Å². The Morgan fingerprint density at radius 1 is 1.33 bits per heavy atom. The third-order valence-corrected chi connectivity index (χ3v) is 3.34. The SMILES string of the molecule is CC(C)CC(=O)c1cccc2ccsc12. The van der Waals surface area contributed by atoms with Crippen molar-refractivity contribution < 1.29 is 4.79 Å². The molecule has 0 amide bonds. The molecule has 1 aromatic heterocycles. The molecule has 1 heterocycles. The number of thiophene rings is 1. The molecule has 0 saturated heterocycles. The van der Waals surface area contributed by atoms with E-state index < -0.39 is 0 Å². The molecular weight excluding hydrogens is 204 g/mol. The van der Waals surface area contributed by atoms with Crippen molar-refractivity contribution in [3.05, 3.63) is 35.2 Å². The lowest BCUT2D eigenvalue weighted by Gasteiger charge is -2.04. The Morgan fingerprint density at radius 2 is 2.13 bits per heavy atom. The van der Waals surface area contributed by atoms with E-state index in [1.165, 1.54) is 5.39 Å². The van der Waals surface area contributed by atoms with Crippen LogP contribution in [0.15, 0.2) is 29.6 Å². The fourth-order valence-corrected chi connectivity index (χ4v) is 2.63. The summed E-state index contributed by atoms with van der Waals surface area (Å²) in [6.45, 7) is 4.15. The van der Waals surface area contributed by atoms with Crippen LogP contribution in [-0.2, 0) is 0 Å². The van der Waals surface area contributed by atoms with Gasteiger partial charge in [-0.2, -0.15) is 0 Å². The maximum Gasteiger partial charge on any atom is 0.164 e. The third kappa shape index (κ3) is 2.10. The minimum Gasteiger partial charge on any atom is -0.294 e. The summed E-state index contributed by atoms with van der Waals surface area (Å²) in [5.41, 5.74) is 0.885. The Bertz CT molecular complexity index is 482. The molecule has 1 aromatic carbocycles. The van der Waals surface area contributed by atoms with Gasteiger partial charge in [0.2, 0.25) is 0 Å². The van der Waals surface area contributed by atoms with Crippen molar-refractivity contribution in [2.75, 3.05) is 0 Å². The quantitative estimate of drug-likeness (QED) is 0.708. The zero-order valence-corrected chi connectivity index (χ0v) is 9.80. The van der Waals surface area contributed by atoms with Crippen LogP contribution >= 0.6 is 11.3 Å². The van der Waals surface area contributed by atoms with Crippen LogP contribution in [0.5, 0.6) is 0 Å². The highest BCUT2D eigenvalue weighted by Crippen LogP contribution is 2.26. The Hall–Kier alpha value is -1.15. The standard InChI is InChI=1S/C13H14OS/c1-9(2)8-12(14)11-5-3-4-10-6-7-15-13(10)11/h3-7,9H,8H2,1-2H3. The molecule has 0 N–H and O–H groups in total. The fourth-order valence-electron chi connectivity index (χ4n) is 1.69. The number of ketones is 1. The van der Waals surface area contributed by atoms with Crippen molar-refractivity contribution in [3.8, 4) is 0 Å². The largest absolute Gasteiger partial charge is 0.294 e. The second-order valence-electron chi connectivity index (χ2n) is 4.17. The molecule has 0 bridgehead atoms. The lowest BCUT2D eigenvalue weighted by molar-refractivity contribution is 0.0969. The number of rotatable bonds is 3. The first-order chi connectivity index (χ1) is 7.18. The van der Waals surface area contributed by atoms with E-state index in [1.54, 1.807) is 11.3 Å². The molecule has 2 aromatic rings. The number of hydrogen-bond donors (Lipinski definition) is 0. The molecule has 0 radical (unpaired) electrons. The molecule has 2 heteroatoms. The van der Waals surface area contributed by atoms with E-state index in [-0.39, 0.29) is 5.78 Å². The summed E-state index contributed by atoms with van der Waals surface area (Å²) in [5.74, 6) is 0.686. The number of hydrogen-bond acceptors (Lipinski definition) is 2. The van der Waals surface area contributed by atoms with Gasteiger partial charge >= 0.3 is 0 Å². The Morgan fingerprint density at radius 3 is 2.87 bits per heavy atom. The average Bonchev–Trinajstić information content (AvgIpc) is 2.63. The number of fused-ring (bicyclic) bond motifs is 1. The van der Waals surface area contributed by atoms with Gasteiger partial charge in [0, 0.05) is 16.7 Å². The minimum absolute atomic E-state index is 0.262. The van der Waals surface area contributed by atoms with Crippen molar-refractivity contribution in [1.29, 1.82) is 0 Å². The van der Waals surface area contributed by atoms with Crippen molar-refractivity contribution in [1.82, 2.24) is 0 Å². The summed E-state index contributed by atoms with van der Waals surface area (Å²) in [6, 6.07) is 8.01. The first kappa shape index (κ1) is 10.4. The van der Waals surface area contributed by atoms with Gasteiger partial charge in [0.1, 0.15) is 0 Å². The number of benzene rings is 1. The van der Waals surface area contributed by atoms with E-state index in [9.17, 15) is 4.79 Å². The summed E-state index contributed by atoms with van der Waals surface area (Å²) >= 11 is 1.65. The van der Waals surface area contributed by atoms with Crippen molar-refractivity contribution >= 4 is 27.2 Å². The summed E-state index contributed by atoms with van der Waals surface area (Å²) in [6.07, 6.45) is 0.636. The van der Waals surface area contributed by atoms with Gasteiger partial charge in [-0.1, -0.05) is 26.0 Å². The van der Waals surface area contributed by atoms with Crippen molar-refractivity contribution in [2.24, 2.45) is 5.92 Å². The Labute approximate surface area is 93.7 Å². The van der Waals surface area contributed by atoms with E-state index in [0.29, 0.717) is 12.3 Å². The van der Waals surface area contributed by atoms with Crippen molar-refractivity contribution in [2.45, 2.75) is 20.3 Å². The van der Waals surface area contributed by atoms with Crippen LogP contribution in [0.25, 0.3) is 10.1 Å². The predicted molar refractivity (Wildman–Crippen MR) is 65.6 cm³/mol. The lowest BCUT2D eigenvalue weighted by Crippen LogP contribution is -2.03. The Balaban J connectivity index is 2.42. The first-order valence-corrected chi connectivity index (χ1v) is 6.06. The van der Waals surface area contributed by atoms with Gasteiger partial charge in [-0.15, -0.1) is 11.3 Å². The van der Waals surface area contributed by atoms with E-state index in [0.717, 1.165) is 10.3 Å². The topological polar surface area (TPSA) is 17.1 Å². The molecule has 15 heavy (non-hydrogen) atoms. The third-order valence-electron chi connectivity index (χ3n) is 2.37. The van der Waals surface area contributed by atoms with E-state index >= 15 is 0 Å². The molecule has 2 rings (SSSR count). The lowest BCUT2D eigenvalue weighted by atomic mass is 10.0. The zero-order valence-electron chi connectivity index (χ0n) is 8.99. The minimum atomic E-state index is 0.262. The molecule has 0 fully saturated rings. The van der Waals surface area contributed by atoms with E-state index in [4.69, 9.17) is 0 Å². The van der Waals surface area contributed by atoms with Crippen LogP contribution in [0.2, 0.25) is 0 Å². The maximum atomic E-state index is 12.0. The van der Waals surface area contributed by atoms with Crippen molar-refractivity contribution in [3.63, 3.8) is 0 Å². The fraction of sp³-hybridized carbons (Fsp3) is 0.308. The van der Waals surface area contributed by atoms with Crippen LogP contribution in [0.4, 0.5) is 0 Å². The number of carbonyl (C=O) groups excluding carboxylic acids is 1. The normalized spacial score (nSPS) is 11.1. The molecule has 78 valence electrons. The second kappa shape index (κ2) is 4.15. The Kier molecular flexibility index (Phi) is 2.87. The predicted octanol–water partition coefficient (Wildman–Crippen LogP) is 4.13. The highest BCUT2D eigenvalue weighted by molar-refractivity contribution is 7.17. The van der Waals surface area contributed by atoms with Gasteiger partial charge in [0.05, 0.1) is 0 Å². The van der Waals surface area contributed by atoms with Gasteiger partial charge in [-0.25, -0.2) is 0 Å². The molecule has 0 atom stereocenters. The molecule has 0 unspecified atom stereocenters. The van der Waals surface area contributed by atoms with E-state index in [2.05, 4.69) is 26.0 Å². The molecule has 0 spiro atoms. The first-order valence-electron chi connectivity index (χ1n) is 5.18. The highest BCUT2D eigenvalue weighted by Gasteiger charge is 2.11. The molecule has 0 aliphatic carbocycles. The van der Waals surface area contributed by atoms with Crippen LogP contribution < -0.4 is 0 Å². The number of carbonyl (C=O) groups is 1. The van der Waals surface area contributed by atoms with E-state index in [1.807, 2.05) is 17.5 Å². The van der Waals surface area contributed by atoms with Crippen LogP contribution in [0.3, 0.4) is 0 Å². The van der Waals surface area contributed by atoms with Crippen LogP contribution in [0, 0.1) is 5.92 Å². The summed E-state index contributed by atoms with van der Waals surface area (Å²) in [4.78, 5) is 12.0. The van der Waals surface area contributed by atoms with Crippen LogP contribution in [-0.4, -0.2) is 5.78 Å². The summed E-state index contributed by atoms with van der Waals surface area (Å²) in [5, 5.41) is 3.21. The smallest absolute Gasteiger partial charge is 0.164 e. The molecule has 0 aliphatic heterocycles. The average molecular weight is 218 g/mol.